The Morgan fingerprint density at radius 1 is 1.08 bits per heavy atom. The predicted molar refractivity (Wildman–Crippen MR) is 106 cm³/mol. The monoisotopic (exact) mass is 348 g/mol. The van der Waals surface area contributed by atoms with Crippen molar-refractivity contribution in [3.8, 4) is 11.1 Å². The molecule has 1 aliphatic carbocycles. The fraction of sp³-hybridized carbons (Fsp3) is 0.500. The highest BCUT2D eigenvalue weighted by Crippen LogP contribution is 2.44. The van der Waals surface area contributed by atoms with Crippen LogP contribution in [0.3, 0.4) is 0 Å². The minimum absolute atomic E-state index is 0.525. The molecule has 1 atom stereocenters. The zero-order chi connectivity index (χ0) is 18.4. The Bertz CT molecular complexity index is 966. The summed E-state index contributed by atoms with van der Waals surface area (Å²) in [4.78, 5) is 14.6. The fourth-order valence-corrected chi connectivity index (χ4v) is 4.16. The van der Waals surface area contributed by atoms with Crippen molar-refractivity contribution in [1.29, 1.82) is 0 Å². The zero-order valence-corrected chi connectivity index (χ0v) is 16.5. The molecular weight excluding hydrogens is 320 g/mol. The van der Waals surface area contributed by atoms with Gasteiger partial charge in [-0.2, -0.15) is 0 Å². The van der Waals surface area contributed by atoms with Crippen LogP contribution in [-0.2, 0) is 6.42 Å². The molecule has 3 aromatic heterocycles. The van der Waals surface area contributed by atoms with Crippen LogP contribution in [-0.4, -0.2) is 19.5 Å². The minimum Gasteiger partial charge on any atom is -0.309 e. The van der Waals surface area contributed by atoms with Gasteiger partial charge in [0.2, 0.25) is 0 Å². The Morgan fingerprint density at radius 3 is 2.50 bits per heavy atom. The van der Waals surface area contributed by atoms with E-state index in [9.17, 15) is 0 Å². The molecule has 4 nitrogen and oxygen atoms in total. The lowest BCUT2D eigenvalue weighted by atomic mass is 10.0. The van der Waals surface area contributed by atoms with Crippen LogP contribution in [0.25, 0.3) is 22.3 Å². The molecule has 0 saturated heterocycles. The van der Waals surface area contributed by atoms with E-state index in [1.165, 1.54) is 24.0 Å². The molecule has 0 spiro atoms. The number of rotatable bonds is 5. The average molecular weight is 348 g/mol. The third-order valence-electron chi connectivity index (χ3n) is 5.83. The van der Waals surface area contributed by atoms with E-state index in [4.69, 9.17) is 15.0 Å². The molecule has 26 heavy (non-hydrogen) atoms. The highest BCUT2D eigenvalue weighted by atomic mass is 15.2. The van der Waals surface area contributed by atoms with Crippen LogP contribution in [0, 0.1) is 26.7 Å². The second-order valence-corrected chi connectivity index (χ2v) is 7.62. The van der Waals surface area contributed by atoms with Crippen molar-refractivity contribution < 1.29 is 0 Å². The van der Waals surface area contributed by atoms with Gasteiger partial charge in [-0.25, -0.2) is 9.97 Å². The van der Waals surface area contributed by atoms with E-state index in [1.54, 1.807) is 0 Å². The van der Waals surface area contributed by atoms with Crippen LogP contribution < -0.4 is 0 Å². The summed E-state index contributed by atoms with van der Waals surface area (Å²) >= 11 is 0. The second-order valence-electron chi connectivity index (χ2n) is 7.62. The van der Waals surface area contributed by atoms with Gasteiger partial charge >= 0.3 is 0 Å². The minimum atomic E-state index is 0.525. The number of aryl methyl sites for hydroxylation is 4. The maximum atomic E-state index is 5.05. The van der Waals surface area contributed by atoms with Crippen LogP contribution in [0.4, 0.5) is 0 Å². The normalized spacial score (nSPS) is 15.6. The molecule has 4 heteroatoms. The summed E-state index contributed by atoms with van der Waals surface area (Å²) < 4.78 is 2.43. The molecule has 0 aromatic carbocycles. The van der Waals surface area contributed by atoms with Gasteiger partial charge in [-0.15, -0.1) is 0 Å². The number of hydrogen-bond donors (Lipinski definition) is 0. The smallest absolute Gasteiger partial charge is 0.160 e. The molecule has 1 aliphatic rings. The summed E-state index contributed by atoms with van der Waals surface area (Å²) in [6.45, 7) is 10.8. The highest BCUT2D eigenvalue weighted by molar-refractivity contribution is 5.91. The molecule has 1 fully saturated rings. The first-order chi connectivity index (χ1) is 12.5. The standard InChI is InChI=1S/C22H28N4/c1-6-19(16-8-9-16)26-20(7-2)25-21-17(10-11-23-22(21)26)18-12-13(3)14(4)24-15(18)5/h10-12,16,19H,6-9H2,1-5H3. The Balaban J connectivity index is 1.96. The number of nitrogens with zero attached hydrogens (tertiary/aromatic N) is 4. The van der Waals surface area contributed by atoms with Gasteiger partial charge in [0.15, 0.2) is 5.65 Å². The lowest BCUT2D eigenvalue weighted by Gasteiger charge is -2.19. The van der Waals surface area contributed by atoms with Crippen molar-refractivity contribution in [2.75, 3.05) is 0 Å². The lowest BCUT2D eigenvalue weighted by Crippen LogP contribution is -2.13. The first-order valence-corrected chi connectivity index (χ1v) is 9.86. The van der Waals surface area contributed by atoms with Gasteiger partial charge in [0.1, 0.15) is 11.3 Å². The number of hydrogen-bond acceptors (Lipinski definition) is 3. The number of fused-ring (bicyclic) bond motifs is 1. The van der Waals surface area contributed by atoms with Crippen LogP contribution >= 0.6 is 0 Å². The second kappa shape index (κ2) is 6.49. The van der Waals surface area contributed by atoms with Gasteiger partial charge < -0.3 is 4.57 Å². The SMILES string of the molecule is CCc1nc2c(-c3cc(C)c(C)nc3C)ccnc2n1C(CC)C1CC1. The molecule has 0 bridgehead atoms. The molecular formula is C22H28N4. The first-order valence-electron chi connectivity index (χ1n) is 9.86. The summed E-state index contributed by atoms with van der Waals surface area (Å²) in [6, 6.07) is 4.86. The Labute approximate surface area is 155 Å². The lowest BCUT2D eigenvalue weighted by molar-refractivity contribution is 0.427. The summed E-state index contributed by atoms with van der Waals surface area (Å²) in [5, 5.41) is 0. The summed E-state index contributed by atoms with van der Waals surface area (Å²) in [7, 11) is 0. The van der Waals surface area contributed by atoms with Gasteiger partial charge in [-0.3, -0.25) is 4.98 Å². The van der Waals surface area contributed by atoms with Crippen molar-refractivity contribution in [3.05, 3.63) is 41.1 Å². The van der Waals surface area contributed by atoms with Gasteiger partial charge in [0.05, 0.1) is 0 Å². The van der Waals surface area contributed by atoms with E-state index in [1.807, 2.05) is 6.20 Å². The van der Waals surface area contributed by atoms with Crippen LogP contribution in [0.15, 0.2) is 18.3 Å². The van der Waals surface area contributed by atoms with E-state index < -0.39 is 0 Å². The molecule has 1 saturated carbocycles. The summed E-state index contributed by atoms with van der Waals surface area (Å²) in [5.41, 5.74) is 7.76. The topological polar surface area (TPSA) is 43.6 Å². The molecule has 4 rings (SSSR count). The summed E-state index contributed by atoms with van der Waals surface area (Å²) in [6.07, 6.45) is 6.67. The predicted octanol–water partition coefficient (Wildman–Crippen LogP) is 5.34. The number of pyridine rings is 2. The average Bonchev–Trinajstić information content (AvgIpc) is 3.39. The highest BCUT2D eigenvalue weighted by Gasteiger charge is 2.33. The van der Waals surface area contributed by atoms with Crippen molar-refractivity contribution in [2.24, 2.45) is 5.92 Å². The van der Waals surface area contributed by atoms with E-state index in [0.717, 1.165) is 52.7 Å². The quantitative estimate of drug-likeness (QED) is 0.625. The molecule has 3 heterocycles. The van der Waals surface area contributed by atoms with Gasteiger partial charge in [0.25, 0.3) is 0 Å². The largest absolute Gasteiger partial charge is 0.309 e. The maximum absolute atomic E-state index is 5.05. The van der Waals surface area contributed by atoms with E-state index in [-0.39, 0.29) is 0 Å². The van der Waals surface area contributed by atoms with E-state index >= 15 is 0 Å². The number of imidazole rings is 1. The van der Waals surface area contributed by atoms with Gasteiger partial charge in [0, 0.05) is 41.2 Å². The fourth-order valence-electron chi connectivity index (χ4n) is 4.16. The molecule has 0 N–H and O–H groups in total. The van der Waals surface area contributed by atoms with Crippen molar-refractivity contribution in [3.63, 3.8) is 0 Å². The van der Waals surface area contributed by atoms with Crippen molar-refractivity contribution in [1.82, 2.24) is 19.5 Å². The van der Waals surface area contributed by atoms with E-state index in [0.29, 0.717) is 6.04 Å². The van der Waals surface area contributed by atoms with E-state index in [2.05, 4.69) is 51.3 Å². The Kier molecular flexibility index (Phi) is 4.29. The van der Waals surface area contributed by atoms with Crippen molar-refractivity contribution in [2.45, 2.75) is 66.3 Å². The van der Waals surface area contributed by atoms with Crippen LogP contribution in [0.1, 0.15) is 61.9 Å². The number of aromatic nitrogens is 4. The molecule has 3 aromatic rings. The zero-order valence-electron chi connectivity index (χ0n) is 16.5. The summed E-state index contributed by atoms with van der Waals surface area (Å²) in [5.74, 6) is 1.95. The molecule has 0 aliphatic heterocycles. The third-order valence-corrected chi connectivity index (χ3v) is 5.83. The molecule has 0 radical (unpaired) electrons. The third kappa shape index (κ3) is 2.72. The van der Waals surface area contributed by atoms with Crippen molar-refractivity contribution >= 4 is 11.2 Å². The van der Waals surface area contributed by atoms with Crippen LogP contribution in [0.5, 0.6) is 0 Å². The van der Waals surface area contributed by atoms with Gasteiger partial charge in [-0.05, 0) is 63.6 Å². The van der Waals surface area contributed by atoms with Crippen LogP contribution in [0.2, 0.25) is 0 Å². The molecule has 136 valence electrons. The molecule has 0 amide bonds. The molecule has 1 unspecified atom stereocenters. The Hall–Kier alpha value is -2.23. The Morgan fingerprint density at radius 2 is 1.85 bits per heavy atom. The van der Waals surface area contributed by atoms with Gasteiger partial charge in [-0.1, -0.05) is 13.8 Å². The first kappa shape index (κ1) is 17.2. The maximum Gasteiger partial charge on any atom is 0.160 e.